The molecule has 0 amide bonds. The quantitative estimate of drug-likeness (QED) is 0.650. The van der Waals surface area contributed by atoms with E-state index in [1.165, 1.54) is 0 Å². The minimum atomic E-state index is 0.0717. The molecule has 0 saturated carbocycles. The molecule has 2 heteroatoms. The van der Waals surface area contributed by atoms with Gasteiger partial charge in [0.15, 0.2) is 5.75 Å². The third-order valence-electron chi connectivity index (χ3n) is 2.09. The molecule has 0 bridgehead atoms. The number of pyridine rings is 1. The maximum absolute atomic E-state index is 11.5. The summed E-state index contributed by atoms with van der Waals surface area (Å²) in [5, 5.41) is 12.2. The molecule has 0 aliphatic carbocycles. The van der Waals surface area contributed by atoms with E-state index < -0.39 is 0 Å². The molecule has 0 N–H and O–H groups in total. The smallest absolute Gasteiger partial charge is 0.189 e. The van der Waals surface area contributed by atoms with Crippen LogP contribution in [0.25, 0.3) is 10.9 Å². The minimum Gasteiger partial charge on any atom is -0.289 e. The predicted octanol–water partition coefficient (Wildman–Crippen LogP) is 2.94. The van der Waals surface area contributed by atoms with Crippen LogP contribution in [0, 0.1) is 0 Å². The maximum atomic E-state index is 11.5. The van der Waals surface area contributed by atoms with Crippen LogP contribution in [0.15, 0.2) is 30.3 Å². The molecule has 1 aromatic carbocycles. The fourth-order valence-corrected chi connectivity index (χ4v) is 1.38. The van der Waals surface area contributed by atoms with Crippen molar-refractivity contribution in [3.63, 3.8) is 0 Å². The third kappa shape index (κ3) is 1.35. The van der Waals surface area contributed by atoms with E-state index in [4.69, 9.17) is 0 Å². The molecule has 2 nitrogen and oxygen atoms in total. The highest BCUT2D eigenvalue weighted by Crippen LogP contribution is 2.24. The first-order chi connectivity index (χ1) is 6.31. The van der Waals surface area contributed by atoms with E-state index in [0.29, 0.717) is 5.39 Å². The van der Waals surface area contributed by atoms with Crippen molar-refractivity contribution in [3.05, 3.63) is 36.0 Å². The van der Waals surface area contributed by atoms with E-state index in [1.54, 1.807) is 6.07 Å². The van der Waals surface area contributed by atoms with Crippen LogP contribution in [0.4, 0.5) is 0 Å². The van der Waals surface area contributed by atoms with Gasteiger partial charge in [-0.3, -0.25) is 10.1 Å². The molecule has 1 heterocycles. The summed E-state index contributed by atoms with van der Waals surface area (Å²) in [4.78, 5) is 4.35. The predicted molar refractivity (Wildman–Crippen MR) is 51.3 cm³/mol. The van der Waals surface area contributed by atoms with Gasteiger partial charge in [0.25, 0.3) is 0 Å². The number of aryl methyl sites for hydroxylation is 1. The van der Waals surface area contributed by atoms with Crippen LogP contribution in [0.5, 0.6) is 5.75 Å². The molecule has 0 saturated heterocycles. The van der Waals surface area contributed by atoms with Crippen LogP contribution in [0.3, 0.4) is 0 Å². The second-order valence-corrected chi connectivity index (χ2v) is 2.98. The van der Waals surface area contributed by atoms with Gasteiger partial charge in [-0.1, -0.05) is 19.1 Å². The molecule has 0 fully saturated rings. The summed E-state index contributed by atoms with van der Waals surface area (Å²) in [7, 11) is 0. The monoisotopic (exact) mass is 172 g/mol. The number of para-hydroxylation sites is 1. The van der Waals surface area contributed by atoms with Crippen LogP contribution < -0.4 is 0 Å². The Morgan fingerprint density at radius 2 is 2.08 bits per heavy atom. The first kappa shape index (κ1) is 8.05. The van der Waals surface area contributed by atoms with Crippen LogP contribution in [-0.4, -0.2) is 4.98 Å². The lowest BCUT2D eigenvalue weighted by atomic mass is 10.1. The van der Waals surface area contributed by atoms with E-state index in [2.05, 4.69) is 4.98 Å². The van der Waals surface area contributed by atoms with Gasteiger partial charge in [0.1, 0.15) is 0 Å². The van der Waals surface area contributed by atoms with Crippen molar-refractivity contribution in [3.8, 4) is 5.75 Å². The van der Waals surface area contributed by atoms with Crippen molar-refractivity contribution in [2.24, 2.45) is 0 Å². The lowest BCUT2D eigenvalue weighted by Gasteiger charge is -2.00. The highest BCUT2D eigenvalue weighted by Gasteiger charge is 2.03. The largest absolute Gasteiger partial charge is 0.289 e. The molecule has 0 atom stereocenters. The van der Waals surface area contributed by atoms with Crippen LogP contribution in [0.2, 0.25) is 0 Å². The summed E-state index contributed by atoms with van der Waals surface area (Å²) in [6.07, 6.45) is 0.806. The molecule has 0 aliphatic rings. The Bertz CT molecular complexity index is 437. The second kappa shape index (κ2) is 3.05. The Hall–Kier alpha value is -1.57. The second-order valence-electron chi connectivity index (χ2n) is 2.98. The van der Waals surface area contributed by atoms with Gasteiger partial charge in [-0.15, -0.1) is 0 Å². The van der Waals surface area contributed by atoms with Gasteiger partial charge < -0.3 is 0 Å². The molecule has 1 radical (unpaired) electrons. The Labute approximate surface area is 76.9 Å². The summed E-state index contributed by atoms with van der Waals surface area (Å²) < 4.78 is 0. The lowest BCUT2D eigenvalue weighted by molar-refractivity contribution is 0.359. The average molecular weight is 172 g/mol. The van der Waals surface area contributed by atoms with Gasteiger partial charge >= 0.3 is 0 Å². The fraction of sp³-hybridized carbons (Fsp3) is 0.182. The first-order valence-corrected chi connectivity index (χ1v) is 4.37. The number of rotatable bonds is 1. The number of hydrogen-bond acceptors (Lipinski definition) is 1. The summed E-state index contributed by atoms with van der Waals surface area (Å²) >= 11 is 0. The molecule has 2 aromatic rings. The number of benzene rings is 1. The normalized spacial score (nSPS) is 10.5. The van der Waals surface area contributed by atoms with Crippen molar-refractivity contribution < 1.29 is 5.11 Å². The molecular weight excluding hydrogens is 162 g/mol. The van der Waals surface area contributed by atoms with E-state index >= 15 is 0 Å². The highest BCUT2D eigenvalue weighted by atomic mass is 16.3. The standard InChI is InChI=1S/C11H10NO/c1-2-8-7-11(13)9-5-3-4-6-10(9)12-8/h3-7H,2H2,1H3. The molecule has 0 aliphatic heterocycles. The zero-order chi connectivity index (χ0) is 9.26. The van der Waals surface area contributed by atoms with Gasteiger partial charge in [0, 0.05) is 17.1 Å². The van der Waals surface area contributed by atoms with Crippen LogP contribution in [0.1, 0.15) is 12.6 Å². The SMILES string of the molecule is CCc1cc([O])c2ccccc2n1. The number of hydrogen-bond donors (Lipinski definition) is 0. The molecule has 65 valence electrons. The minimum absolute atomic E-state index is 0.0717. The summed E-state index contributed by atoms with van der Waals surface area (Å²) in [6.45, 7) is 2.00. The van der Waals surface area contributed by atoms with Gasteiger partial charge in [0.05, 0.1) is 5.52 Å². The summed E-state index contributed by atoms with van der Waals surface area (Å²) in [6, 6.07) is 9.05. The van der Waals surface area contributed by atoms with E-state index in [-0.39, 0.29) is 5.75 Å². The Kier molecular flexibility index (Phi) is 1.89. The summed E-state index contributed by atoms with van der Waals surface area (Å²) in [5.74, 6) is 0.0717. The van der Waals surface area contributed by atoms with Crippen molar-refractivity contribution in [2.45, 2.75) is 13.3 Å². The topological polar surface area (TPSA) is 32.8 Å². The fourth-order valence-electron chi connectivity index (χ4n) is 1.38. The molecule has 2 rings (SSSR count). The number of aromatic nitrogens is 1. The van der Waals surface area contributed by atoms with Crippen LogP contribution in [-0.2, 0) is 11.5 Å². The Morgan fingerprint density at radius 3 is 2.85 bits per heavy atom. The summed E-state index contributed by atoms with van der Waals surface area (Å²) in [5.41, 5.74) is 1.66. The maximum Gasteiger partial charge on any atom is 0.189 e. The third-order valence-corrected chi connectivity index (χ3v) is 2.09. The van der Waals surface area contributed by atoms with E-state index in [0.717, 1.165) is 17.6 Å². The molecule has 0 spiro atoms. The Morgan fingerprint density at radius 1 is 1.31 bits per heavy atom. The molecular formula is C11H10NO. The van der Waals surface area contributed by atoms with Crippen molar-refractivity contribution in [2.75, 3.05) is 0 Å². The Balaban J connectivity index is 2.77. The van der Waals surface area contributed by atoms with Gasteiger partial charge in [0.2, 0.25) is 0 Å². The number of fused-ring (bicyclic) bond motifs is 1. The number of nitrogens with zero attached hydrogens (tertiary/aromatic N) is 1. The first-order valence-electron chi connectivity index (χ1n) is 4.37. The molecule has 1 aromatic heterocycles. The molecule has 13 heavy (non-hydrogen) atoms. The molecule has 0 unspecified atom stereocenters. The van der Waals surface area contributed by atoms with Gasteiger partial charge in [-0.05, 0) is 18.6 Å². The van der Waals surface area contributed by atoms with Gasteiger partial charge in [-0.2, -0.15) is 0 Å². The zero-order valence-electron chi connectivity index (χ0n) is 7.45. The zero-order valence-corrected chi connectivity index (χ0v) is 7.45. The lowest BCUT2D eigenvalue weighted by Crippen LogP contribution is -1.87. The highest BCUT2D eigenvalue weighted by molar-refractivity contribution is 5.84. The van der Waals surface area contributed by atoms with Crippen molar-refractivity contribution in [1.82, 2.24) is 4.98 Å². The van der Waals surface area contributed by atoms with Crippen molar-refractivity contribution >= 4 is 10.9 Å². The van der Waals surface area contributed by atoms with Crippen molar-refractivity contribution in [1.29, 1.82) is 0 Å². The van der Waals surface area contributed by atoms with E-state index in [9.17, 15) is 5.11 Å². The van der Waals surface area contributed by atoms with Crippen LogP contribution >= 0.6 is 0 Å². The van der Waals surface area contributed by atoms with Gasteiger partial charge in [-0.25, -0.2) is 0 Å². The average Bonchev–Trinajstić information content (AvgIpc) is 2.18. The van der Waals surface area contributed by atoms with E-state index in [1.807, 2.05) is 31.2 Å².